The van der Waals surface area contributed by atoms with Gasteiger partial charge in [-0.2, -0.15) is 0 Å². The van der Waals surface area contributed by atoms with Crippen LogP contribution in [0.25, 0.3) is 33.3 Å². The highest BCUT2D eigenvalue weighted by molar-refractivity contribution is 5.94. The van der Waals surface area contributed by atoms with Crippen LogP contribution in [0.5, 0.6) is 0 Å². The summed E-state index contributed by atoms with van der Waals surface area (Å²) in [5, 5.41) is 18.0. The van der Waals surface area contributed by atoms with Crippen molar-refractivity contribution in [3.05, 3.63) is 83.1 Å². The summed E-state index contributed by atoms with van der Waals surface area (Å²) in [5.41, 5.74) is 5.10. The number of nitrogens with one attached hydrogen (secondary N) is 1. The summed E-state index contributed by atoms with van der Waals surface area (Å²) < 4.78 is 31.0. The lowest BCUT2D eigenvalue weighted by atomic mass is 10.1. The number of carbonyl (C=O) groups excluding carboxylic acids is 1. The summed E-state index contributed by atoms with van der Waals surface area (Å²) in [7, 11) is 0. The molecule has 5 aromatic rings. The minimum absolute atomic E-state index is 0.134. The molecule has 0 atom stereocenters. The van der Waals surface area contributed by atoms with Gasteiger partial charge < -0.3 is 5.11 Å². The topological polar surface area (TPSA) is 115 Å². The molecule has 0 saturated heterocycles. The number of amides is 1. The molecule has 0 aliphatic carbocycles. The molecule has 0 fully saturated rings. The van der Waals surface area contributed by atoms with Gasteiger partial charge in [0.25, 0.3) is 5.91 Å². The zero-order valence-electron chi connectivity index (χ0n) is 19.1. The predicted molar refractivity (Wildman–Crippen MR) is 127 cm³/mol. The van der Waals surface area contributed by atoms with Crippen molar-refractivity contribution in [2.24, 2.45) is 0 Å². The van der Waals surface area contributed by atoms with Gasteiger partial charge in [0.05, 0.1) is 31.0 Å². The first kappa shape index (κ1) is 23.4. The molecule has 1 amide bonds. The number of hydrogen-bond acceptors (Lipinski definition) is 7. The minimum atomic E-state index is -1.10. The molecule has 2 N–H and O–H groups in total. The molecule has 0 radical (unpaired) electrons. The fourth-order valence-corrected chi connectivity index (χ4v) is 3.87. The highest BCUT2D eigenvalue weighted by atomic mass is 19.1. The highest BCUT2D eigenvalue weighted by Gasteiger charge is 2.20. The molecule has 11 heteroatoms. The van der Waals surface area contributed by atoms with E-state index in [1.54, 1.807) is 16.8 Å². The summed E-state index contributed by atoms with van der Waals surface area (Å²) in [6.07, 6.45) is 0. The maximum atomic E-state index is 14.7. The molecule has 9 nitrogen and oxygen atoms in total. The Morgan fingerprint density at radius 1 is 1.08 bits per heavy atom. The molecular formula is C25H20F2N6O3. The first-order valence-corrected chi connectivity index (χ1v) is 11.0. The summed E-state index contributed by atoms with van der Waals surface area (Å²) in [5.74, 6) is -3.27. The van der Waals surface area contributed by atoms with E-state index in [1.807, 2.05) is 42.7 Å². The van der Waals surface area contributed by atoms with Crippen molar-refractivity contribution in [2.75, 3.05) is 13.2 Å². The lowest BCUT2D eigenvalue weighted by molar-refractivity contribution is 0.0162. The second-order valence-electron chi connectivity index (χ2n) is 8.05. The van der Waals surface area contributed by atoms with E-state index in [0.717, 1.165) is 34.3 Å². The second-order valence-corrected chi connectivity index (χ2v) is 8.05. The Morgan fingerprint density at radius 3 is 2.67 bits per heavy atom. The summed E-state index contributed by atoms with van der Waals surface area (Å²) in [6.45, 7) is 1.69. The zero-order chi connectivity index (χ0) is 25.2. The molecule has 0 aliphatic rings. The SMILES string of the molecule is Cc1ccc2cccc(Cn3nnc4ccc(-c5cc(F)c(C(=O)NOCCO)c(F)c5)nc43)c2n1. The summed E-state index contributed by atoms with van der Waals surface area (Å²) in [4.78, 5) is 25.9. The van der Waals surface area contributed by atoms with Crippen molar-refractivity contribution in [1.29, 1.82) is 0 Å². The molecule has 5 rings (SSSR count). The van der Waals surface area contributed by atoms with Gasteiger partial charge in [0, 0.05) is 16.6 Å². The molecule has 0 spiro atoms. The van der Waals surface area contributed by atoms with Gasteiger partial charge in [0.1, 0.15) is 22.7 Å². The third-order valence-corrected chi connectivity index (χ3v) is 5.55. The van der Waals surface area contributed by atoms with Crippen LogP contribution in [-0.2, 0) is 11.4 Å². The van der Waals surface area contributed by atoms with E-state index in [0.29, 0.717) is 17.7 Å². The van der Waals surface area contributed by atoms with E-state index >= 15 is 0 Å². The van der Waals surface area contributed by atoms with Crippen LogP contribution >= 0.6 is 0 Å². The third-order valence-electron chi connectivity index (χ3n) is 5.55. The summed E-state index contributed by atoms with van der Waals surface area (Å²) in [6, 6.07) is 15.1. The number of aromatic nitrogens is 5. The molecule has 0 aliphatic heterocycles. The van der Waals surface area contributed by atoms with Gasteiger partial charge in [-0.15, -0.1) is 5.10 Å². The van der Waals surface area contributed by atoms with Gasteiger partial charge in [0.2, 0.25) is 0 Å². The van der Waals surface area contributed by atoms with Crippen LogP contribution in [0.3, 0.4) is 0 Å². The maximum Gasteiger partial charge on any atom is 0.280 e. The molecule has 0 unspecified atom stereocenters. The van der Waals surface area contributed by atoms with Crippen LogP contribution in [0.4, 0.5) is 8.78 Å². The van der Waals surface area contributed by atoms with Gasteiger partial charge >= 0.3 is 0 Å². The molecule has 182 valence electrons. The number of aryl methyl sites for hydroxylation is 1. The maximum absolute atomic E-state index is 14.7. The van der Waals surface area contributed by atoms with Crippen LogP contribution in [0.1, 0.15) is 21.6 Å². The van der Waals surface area contributed by atoms with Crippen LogP contribution in [0, 0.1) is 18.6 Å². The van der Waals surface area contributed by atoms with E-state index in [-0.39, 0.29) is 24.5 Å². The number of carbonyl (C=O) groups is 1. The number of halogens is 2. The van der Waals surface area contributed by atoms with E-state index in [9.17, 15) is 13.6 Å². The van der Waals surface area contributed by atoms with Gasteiger partial charge in [-0.05, 0) is 42.8 Å². The van der Waals surface area contributed by atoms with E-state index in [1.165, 1.54) is 0 Å². The number of hydroxylamine groups is 1. The van der Waals surface area contributed by atoms with Gasteiger partial charge in [0.15, 0.2) is 5.65 Å². The predicted octanol–water partition coefficient (Wildman–Crippen LogP) is 3.33. The molecule has 3 heterocycles. The number of hydrogen-bond donors (Lipinski definition) is 2. The minimum Gasteiger partial charge on any atom is -0.394 e. The van der Waals surface area contributed by atoms with E-state index < -0.39 is 23.1 Å². The standard InChI is InChI=1S/C25H20F2N6O3/c1-14-5-6-15-3-2-4-16(23(15)28-14)13-33-24-21(30-32-33)8-7-20(29-24)17-11-18(26)22(19(27)12-17)25(35)31-36-10-9-34/h2-8,11-12,34H,9-10,13H2,1H3,(H,31,35). The number of aliphatic hydroxyl groups is 1. The Hall–Kier alpha value is -4.35. The lowest BCUT2D eigenvalue weighted by Gasteiger charge is -2.09. The quantitative estimate of drug-likeness (QED) is 0.266. The Kier molecular flexibility index (Phi) is 6.32. The van der Waals surface area contributed by atoms with Gasteiger partial charge in [-0.1, -0.05) is 29.5 Å². The molecule has 0 bridgehead atoms. The number of pyridine rings is 2. The lowest BCUT2D eigenvalue weighted by Crippen LogP contribution is -2.27. The zero-order valence-corrected chi connectivity index (χ0v) is 19.1. The second kappa shape index (κ2) is 9.72. The van der Waals surface area contributed by atoms with Crippen molar-refractivity contribution in [3.8, 4) is 11.3 Å². The average molecular weight is 490 g/mol. The number of aliphatic hydroxyl groups excluding tert-OH is 1. The van der Waals surface area contributed by atoms with Gasteiger partial charge in [-0.3, -0.25) is 14.6 Å². The Bertz CT molecular complexity index is 1580. The monoisotopic (exact) mass is 490 g/mol. The van der Waals surface area contributed by atoms with E-state index in [4.69, 9.17) is 5.11 Å². The average Bonchev–Trinajstić information content (AvgIpc) is 3.26. The Labute approximate surface area is 203 Å². The molecule has 2 aromatic carbocycles. The fraction of sp³-hybridized carbons (Fsp3) is 0.160. The largest absolute Gasteiger partial charge is 0.394 e. The summed E-state index contributed by atoms with van der Waals surface area (Å²) >= 11 is 0. The van der Waals surface area contributed by atoms with Crippen LogP contribution in [-0.4, -0.2) is 49.2 Å². The van der Waals surface area contributed by atoms with Crippen molar-refractivity contribution in [1.82, 2.24) is 30.4 Å². The van der Waals surface area contributed by atoms with Crippen LogP contribution in [0.2, 0.25) is 0 Å². The first-order valence-electron chi connectivity index (χ1n) is 11.0. The number of fused-ring (bicyclic) bond motifs is 2. The number of para-hydroxylation sites is 1. The first-order chi connectivity index (χ1) is 17.4. The van der Waals surface area contributed by atoms with Crippen LogP contribution in [0.15, 0.2) is 54.6 Å². The normalized spacial score (nSPS) is 11.3. The van der Waals surface area contributed by atoms with Crippen molar-refractivity contribution in [3.63, 3.8) is 0 Å². The van der Waals surface area contributed by atoms with Crippen molar-refractivity contribution < 1.29 is 23.5 Å². The Balaban J connectivity index is 1.49. The molecule has 36 heavy (non-hydrogen) atoms. The number of benzene rings is 2. The number of nitrogens with zero attached hydrogens (tertiary/aromatic N) is 5. The number of rotatable bonds is 7. The van der Waals surface area contributed by atoms with Crippen molar-refractivity contribution in [2.45, 2.75) is 13.5 Å². The molecule has 3 aromatic heterocycles. The molecular weight excluding hydrogens is 470 g/mol. The fourth-order valence-electron chi connectivity index (χ4n) is 3.87. The van der Waals surface area contributed by atoms with Gasteiger partial charge in [-0.25, -0.2) is 23.9 Å². The molecule has 0 saturated carbocycles. The van der Waals surface area contributed by atoms with Crippen LogP contribution < -0.4 is 5.48 Å². The van der Waals surface area contributed by atoms with E-state index in [2.05, 4.69) is 25.1 Å². The third kappa shape index (κ3) is 4.49. The smallest absolute Gasteiger partial charge is 0.280 e. The van der Waals surface area contributed by atoms with Crippen molar-refractivity contribution >= 4 is 28.0 Å². The highest BCUT2D eigenvalue weighted by Crippen LogP contribution is 2.26. The Morgan fingerprint density at radius 2 is 1.89 bits per heavy atom.